The SMILES string of the molecule is COC1(C2=Cc3c(N[C@H](C)c4cccc(C(F)F)c4F)ncnc3N(C)C2)CCN(C=O)CC1. The topological polar surface area (TPSA) is 70.6 Å². The van der Waals surface area contributed by atoms with Crippen molar-refractivity contribution >= 4 is 24.1 Å². The van der Waals surface area contributed by atoms with Crippen LogP contribution in [0.15, 0.2) is 30.1 Å². The number of alkyl halides is 2. The Labute approximate surface area is 196 Å². The van der Waals surface area contributed by atoms with E-state index in [1.54, 1.807) is 18.9 Å². The highest BCUT2D eigenvalue weighted by Gasteiger charge is 2.40. The molecule has 2 aliphatic heterocycles. The van der Waals surface area contributed by atoms with Gasteiger partial charge in [0.2, 0.25) is 6.41 Å². The first-order valence-corrected chi connectivity index (χ1v) is 11.1. The molecule has 1 aromatic heterocycles. The Morgan fingerprint density at radius 2 is 1.91 bits per heavy atom. The molecule has 1 amide bonds. The first kappa shape index (κ1) is 24.0. The molecule has 34 heavy (non-hydrogen) atoms. The van der Waals surface area contributed by atoms with Gasteiger partial charge in [0.05, 0.1) is 22.8 Å². The van der Waals surface area contributed by atoms with Crippen LogP contribution in [-0.2, 0) is 9.53 Å². The molecule has 10 heteroatoms. The zero-order valence-electron chi connectivity index (χ0n) is 19.4. The van der Waals surface area contributed by atoms with Crippen molar-refractivity contribution < 1.29 is 22.7 Å². The second-order valence-electron chi connectivity index (χ2n) is 8.74. The minimum atomic E-state index is -2.89. The summed E-state index contributed by atoms with van der Waals surface area (Å²) in [5.74, 6) is 0.251. The van der Waals surface area contributed by atoms with E-state index in [4.69, 9.17) is 4.74 Å². The number of piperidine rings is 1. The monoisotopic (exact) mass is 475 g/mol. The maximum Gasteiger partial charge on any atom is 0.266 e. The predicted molar refractivity (Wildman–Crippen MR) is 123 cm³/mol. The number of amides is 1. The summed E-state index contributed by atoms with van der Waals surface area (Å²) < 4.78 is 47.1. The number of carbonyl (C=O) groups excluding carboxylic acids is 1. The number of methoxy groups -OCH3 is 1. The average Bonchev–Trinajstić information content (AvgIpc) is 2.84. The lowest BCUT2D eigenvalue weighted by atomic mass is 9.81. The maximum absolute atomic E-state index is 14.7. The number of halogens is 3. The van der Waals surface area contributed by atoms with Crippen molar-refractivity contribution in [2.75, 3.05) is 44.0 Å². The molecule has 7 nitrogen and oxygen atoms in total. The zero-order chi connectivity index (χ0) is 24.5. The molecule has 1 saturated heterocycles. The highest BCUT2D eigenvalue weighted by molar-refractivity contribution is 5.79. The highest BCUT2D eigenvalue weighted by atomic mass is 19.3. The van der Waals surface area contributed by atoms with Crippen LogP contribution in [0.2, 0.25) is 0 Å². The van der Waals surface area contributed by atoms with Gasteiger partial charge in [-0.1, -0.05) is 18.2 Å². The second-order valence-corrected chi connectivity index (χ2v) is 8.74. The number of likely N-dealkylation sites (tertiary alicyclic amines) is 1. The minimum absolute atomic E-state index is 0.133. The van der Waals surface area contributed by atoms with E-state index in [2.05, 4.69) is 15.3 Å². The smallest absolute Gasteiger partial charge is 0.266 e. The number of hydrogen-bond acceptors (Lipinski definition) is 6. The second kappa shape index (κ2) is 9.61. The fraction of sp³-hybridized carbons (Fsp3) is 0.458. The maximum atomic E-state index is 14.7. The molecule has 0 radical (unpaired) electrons. The van der Waals surface area contributed by atoms with Gasteiger partial charge in [-0.15, -0.1) is 0 Å². The lowest BCUT2D eigenvalue weighted by molar-refractivity contribution is -0.122. The molecule has 2 aliphatic rings. The quantitative estimate of drug-likeness (QED) is 0.606. The third-order valence-electron chi connectivity index (χ3n) is 6.79. The van der Waals surface area contributed by atoms with Gasteiger partial charge in [0.15, 0.2) is 0 Å². The predicted octanol–water partition coefficient (Wildman–Crippen LogP) is 4.20. The molecule has 1 aromatic carbocycles. The van der Waals surface area contributed by atoms with Gasteiger partial charge in [0.25, 0.3) is 6.43 Å². The van der Waals surface area contributed by atoms with Gasteiger partial charge >= 0.3 is 0 Å². The van der Waals surface area contributed by atoms with Crippen LogP contribution in [0.25, 0.3) is 6.08 Å². The van der Waals surface area contributed by atoms with Crippen LogP contribution in [0.1, 0.15) is 48.9 Å². The van der Waals surface area contributed by atoms with E-state index in [1.165, 1.54) is 18.5 Å². The summed E-state index contributed by atoms with van der Waals surface area (Å²) in [6, 6.07) is 3.38. The molecule has 182 valence electrons. The van der Waals surface area contributed by atoms with E-state index >= 15 is 0 Å². The molecule has 0 bridgehead atoms. The van der Waals surface area contributed by atoms with Crippen molar-refractivity contribution in [3.63, 3.8) is 0 Å². The number of carbonyl (C=O) groups is 1. The Hall–Kier alpha value is -3.14. The molecular formula is C24H28F3N5O2. The highest BCUT2D eigenvalue weighted by Crippen LogP contribution is 2.40. The summed E-state index contributed by atoms with van der Waals surface area (Å²) in [6.45, 7) is 3.49. The van der Waals surface area contributed by atoms with Crippen LogP contribution in [0, 0.1) is 5.82 Å². The van der Waals surface area contributed by atoms with E-state index in [0.717, 1.165) is 23.6 Å². The molecule has 0 spiro atoms. The largest absolute Gasteiger partial charge is 0.374 e. The average molecular weight is 476 g/mol. The van der Waals surface area contributed by atoms with Crippen molar-refractivity contribution in [1.29, 1.82) is 0 Å². The van der Waals surface area contributed by atoms with Crippen LogP contribution in [-0.4, -0.2) is 60.7 Å². The van der Waals surface area contributed by atoms with E-state index in [-0.39, 0.29) is 5.56 Å². The molecule has 1 atom stereocenters. The van der Waals surface area contributed by atoms with Gasteiger partial charge in [-0.2, -0.15) is 0 Å². The van der Waals surface area contributed by atoms with Crippen molar-refractivity contribution in [1.82, 2.24) is 14.9 Å². The fourth-order valence-electron chi connectivity index (χ4n) is 4.77. The van der Waals surface area contributed by atoms with Gasteiger partial charge in [-0.3, -0.25) is 4.79 Å². The molecule has 0 unspecified atom stereocenters. The molecule has 4 rings (SSSR count). The number of anilines is 2. The van der Waals surface area contributed by atoms with Crippen LogP contribution < -0.4 is 10.2 Å². The summed E-state index contributed by atoms with van der Waals surface area (Å²) in [6.07, 6.45) is 2.70. The number of fused-ring (bicyclic) bond motifs is 1. The Kier molecular flexibility index (Phi) is 6.79. The minimum Gasteiger partial charge on any atom is -0.374 e. The third kappa shape index (κ3) is 4.34. The van der Waals surface area contributed by atoms with Gasteiger partial charge < -0.3 is 19.9 Å². The lowest BCUT2D eigenvalue weighted by Crippen LogP contribution is -2.49. The molecule has 3 heterocycles. The summed E-state index contributed by atoms with van der Waals surface area (Å²) in [4.78, 5) is 23.7. The summed E-state index contributed by atoms with van der Waals surface area (Å²) in [5.41, 5.74) is 0.737. The number of nitrogens with zero attached hydrogens (tertiary/aromatic N) is 4. The normalized spacial score (nSPS) is 18.4. The van der Waals surface area contributed by atoms with Crippen molar-refractivity contribution in [2.45, 2.75) is 37.8 Å². The molecular weight excluding hydrogens is 447 g/mol. The van der Waals surface area contributed by atoms with Crippen LogP contribution in [0.5, 0.6) is 0 Å². The van der Waals surface area contributed by atoms with Crippen molar-refractivity contribution in [2.24, 2.45) is 0 Å². The lowest BCUT2D eigenvalue weighted by Gasteiger charge is -2.43. The Bertz CT molecular complexity index is 1090. The Morgan fingerprint density at radius 1 is 1.21 bits per heavy atom. The molecule has 1 N–H and O–H groups in total. The third-order valence-corrected chi connectivity index (χ3v) is 6.79. The summed E-state index contributed by atoms with van der Waals surface area (Å²) in [5, 5.41) is 3.18. The van der Waals surface area contributed by atoms with E-state index < -0.39 is 29.4 Å². The van der Waals surface area contributed by atoms with Crippen LogP contribution >= 0.6 is 0 Å². The number of ether oxygens (including phenoxy) is 1. The fourth-order valence-corrected chi connectivity index (χ4v) is 4.77. The first-order chi connectivity index (χ1) is 16.3. The molecule has 0 aliphatic carbocycles. The van der Waals surface area contributed by atoms with Gasteiger partial charge in [0, 0.05) is 39.4 Å². The summed E-state index contributed by atoms with van der Waals surface area (Å²) in [7, 11) is 3.59. The van der Waals surface area contributed by atoms with E-state index in [1.807, 2.05) is 18.0 Å². The number of aromatic nitrogens is 2. The zero-order valence-corrected chi connectivity index (χ0v) is 19.4. The Morgan fingerprint density at radius 3 is 2.56 bits per heavy atom. The first-order valence-electron chi connectivity index (χ1n) is 11.1. The molecule has 2 aromatic rings. The molecule has 0 saturated carbocycles. The van der Waals surface area contributed by atoms with Gasteiger partial charge in [-0.05, 0) is 31.4 Å². The van der Waals surface area contributed by atoms with Gasteiger partial charge in [0.1, 0.15) is 23.8 Å². The van der Waals surface area contributed by atoms with Crippen LogP contribution in [0.3, 0.4) is 0 Å². The number of rotatable bonds is 7. The van der Waals surface area contributed by atoms with E-state index in [9.17, 15) is 18.0 Å². The van der Waals surface area contributed by atoms with E-state index in [0.29, 0.717) is 44.1 Å². The number of likely N-dealkylation sites (N-methyl/N-ethyl adjacent to an activating group) is 1. The van der Waals surface area contributed by atoms with Crippen molar-refractivity contribution in [3.05, 3.63) is 52.6 Å². The molecule has 1 fully saturated rings. The Balaban J connectivity index is 1.68. The number of nitrogens with one attached hydrogen (secondary N) is 1. The standard InChI is InChI=1S/C24H28F3N5O2/c1-15(17-5-4-6-18(20(17)25)21(26)27)30-22-19-11-16(12-31(2)23(19)29-13-28-22)24(34-3)7-9-32(14-33)10-8-24/h4-6,11,13-15,21H,7-10,12H2,1-3H3,(H,28,29,30)/t15-/m1/s1. The summed E-state index contributed by atoms with van der Waals surface area (Å²) >= 11 is 0. The van der Waals surface area contributed by atoms with Crippen molar-refractivity contribution in [3.8, 4) is 0 Å². The van der Waals surface area contributed by atoms with Gasteiger partial charge in [-0.25, -0.2) is 23.1 Å². The number of benzene rings is 1. The van der Waals surface area contributed by atoms with Crippen LogP contribution in [0.4, 0.5) is 24.8 Å². The number of hydrogen-bond donors (Lipinski definition) is 1.